The molecule has 3 aliphatic rings. The number of anilines is 2. The van der Waals surface area contributed by atoms with Crippen LogP contribution in [0, 0.1) is 11.3 Å². The molecular weight excluding hydrogens is 737 g/mol. The molecule has 2 saturated heterocycles. The lowest BCUT2D eigenvalue weighted by molar-refractivity contribution is -0.137. The van der Waals surface area contributed by atoms with Crippen LogP contribution in [0.15, 0.2) is 48.7 Å². The number of alkyl halides is 3. The van der Waals surface area contributed by atoms with Gasteiger partial charge in [-0.25, -0.2) is 13.4 Å². The molecule has 1 aromatic carbocycles. The maximum absolute atomic E-state index is 13.5. The second kappa shape index (κ2) is 16.5. The summed E-state index contributed by atoms with van der Waals surface area (Å²) in [6, 6.07) is 12.2. The Kier molecular flexibility index (Phi) is 12.0. The molecule has 3 fully saturated rings. The first-order chi connectivity index (χ1) is 25.3. The van der Waals surface area contributed by atoms with Crippen LogP contribution in [0.2, 0.25) is 5.02 Å². The Morgan fingerprint density at radius 2 is 1.77 bits per heavy atom. The van der Waals surface area contributed by atoms with Crippen LogP contribution >= 0.6 is 11.6 Å². The van der Waals surface area contributed by atoms with Gasteiger partial charge in [-0.15, -0.1) is 5.10 Å². The number of halogens is 4. The Morgan fingerprint density at radius 1 is 1.02 bits per heavy atom. The van der Waals surface area contributed by atoms with Crippen molar-refractivity contribution in [1.82, 2.24) is 24.4 Å². The van der Waals surface area contributed by atoms with Gasteiger partial charge in [0.05, 0.1) is 40.8 Å². The average molecular weight is 777 g/mol. The number of sulfonamides is 1. The highest BCUT2D eigenvalue weighted by atomic mass is 35.5. The molecule has 2 aromatic heterocycles. The van der Waals surface area contributed by atoms with E-state index in [1.807, 2.05) is 12.1 Å². The molecule has 284 valence electrons. The van der Waals surface area contributed by atoms with Crippen LogP contribution in [0.4, 0.5) is 24.8 Å². The number of piperazine rings is 1. The molecule has 53 heavy (non-hydrogen) atoms. The number of nitrogens with zero attached hydrogens (tertiary/aromatic N) is 7. The number of nitriles is 1. The monoisotopic (exact) mass is 776 g/mol. The molecule has 2 aliphatic heterocycles. The van der Waals surface area contributed by atoms with Gasteiger partial charge < -0.3 is 19.7 Å². The number of amides is 1. The summed E-state index contributed by atoms with van der Waals surface area (Å²) in [5.74, 6) is 0.570. The Bertz CT molecular complexity index is 1890. The van der Waals surface area contributed by atoms with Crippen LogP contribution in [0.1, 0.15) is 54.8 Å². The van der Waals surface area contributed by atoms with E-state index in [2.05, 4.69) is 25.4 Å². The van der Waals surface area contributed by atoms with Gasteiger partial charge in [-0.3, -0.25) is 9.69 Å². The average Bonchev–Trinajstić information content (AvgIpc) is 3.13. The zero-order valence-electron chi connectivity index (χ0n) is 28.9. The van der Waals surface area contributed by atoms with Gasteiger partial charge in [-0.1, -0.05) is 18.0 Å². The van der Waals surface area contributed by atoms with E-state index in [9.17, 15) is 31.6 Å². The third kappa shape index (κ3) is 9.54. The van der Waals surface area contributed by atoms with Gasteiger partial charge in [0.1, 0.15) is 17.6 Å². The molecule has 18 heteroatoms. The number of hydrogen-bond acceptors (Lipinski definition) is 11. The summed E-state index contributed by atoms with van der Waals surface area (Å²) in [7, 11) is -3.59. The van der Waals surface area contributed by atoms with Crippen molar-refractivity contribution in [1.29, 1.82) is 5.26 Å². The first-order valence-electron chi connectivity index (χ1n) is 17.5. The fourth-order valence-corrected chi connectivity index (χ4v) is 8.24. The number of carbonyl (C=O) groups is 1. The van der Waals surface area contributed by atoms with Gasteiger partial charge in [0.2, 0.25) is 10.0 Å². The number of nitrogens with one attached hydrogen (secondary N) is 1. The number of ether oxygens (including phenoxy) is 2. The minimum Gasteiger partial charge on any atom is -0.477 e. The lowest BCUT2D eigenvalue weighted by Gasteiger charge is -2.38. The van der Waals surface area contributed by atoms with Crippen molar-refractivity contribution in [2.45, 2.75) is 49.8 Å². The number of benzene rings is 1. The zero-order chi connectivity index (χ0) is 37.6. The van der Waals surface area contributed by atoms with Gasteiger partial charge >= 0.3 is 6.18 Å². The molecule has 0 spiro atoms. The van der Waals surface area contributed by atoms with E-state index in [-0.39, 0.29) is 61.2 Å². The SMILES string of the molecule is N#Cc1ccc(OC2(C(=O)Nc3ccc(C4CN(CCOCCS(=O)(=O)N5CCN(c6cc(C(F)(F)F)ccn6)CC5)C4)nn3)CCCCC2)cc1Cl. The topological polar surface area (TPSA) is 154 Å². The first-order valence-corrected chi connectivity index (χ1v) is 19.4. The standard InChI is InChI=1S/C35H40ClF3N8O5S/c36-29-21-28(5-4-25(29)22-40)52-34(9-2-1-3-10-34)33(48)42-31-7-6-30(43-44-31)26-23-45(24-26)16-17-51-18-19-53(49,50)47-14-12-46(13-15-47)32-20-27(8-11-41-32)35(37,38)39/h4-8,11,20-21,26H,1-3,9-10,12-19,23-24H2,(H,42,44,48). The van der Waals surface area contributed by atoms with Crippen molar-refractivity contribution in [2.24, 2.45) is 0 Å². The first kappa shape index (κ1) is 38.6. The molecule has 1 N–H and O–H groups in total. The predicted octanol–water partition coefficient (Wildman–Crippen LogP) is 4.70. The summed E-state index contributed by atoms with van der Waals surface area (Å²) in [5.41, 5.74) is -0.763. The summed E-state index contributed by atoms with van der Waals surface area (Å²) in [4.78, 5) is 21.4. The van der Waals surface area contributed by atoms with E-state index in [0.717, 1.165) is 56.4 Å². The number of rotatable bonds is 13. The zero-order valence-corrected chi connectivity index (χ0v) is 30.5. The van der Waals surface area contributed by atoms with E-state index in [0.29, 0.717) is 43.1 Å². The van der Waals surface area contributed by atoms with Crippen molar-refractivity contribution in [3.8, 4) is 11.8 Å². The van der Waals surface area contributed by atoms with Crippen molar-refractivity contribution >= 4 is 39.2 Å². The molecule has 4 heterocycles. The smallest absolute Gasteiger partial charge is 0.416 e. The molecule has 0 radical (unpaired) electrons. The number of pyridine rings is 1. The van der Waals surface area contributed by atoms with Crippen molar-refractivity contribution in [3.63, 3.8) is 0 Å². The lowest BCUT2D eigenvalue weighted by Crippen LogP contribution is -2.50. The Balaban J connectivity index is 0.894. The van der Waals surface area contributed by atoms with E-state index in [4.69, 9.17) is 21.1 Å². The number of likely N-dealkylation sites (tertiary alicyclic amines) is 1. The maximum atomic E-state index is 13.5. The van der Waals surface area contributed by atoms with Crippen LogP contribution < -0.4 is 15.0 Å². The molecular formula is C35H40ClF3N8O5S. The van der Waals surface area contributed by atoms with Crippen LogP contribution in [-0.2, 0) is 25.7 Å². The van der Waals surface area contributed by atoms with Gasteiger partial charge in [0, 0.05) is 64.0 Å². The van der Waals surface area contributed by atoms with Crippen LogP contribution in [0.3, 0.4) is 0 Å². The Hall–Kier alpha value is -4.08. The summed E-state index contributed by atoms with van der Waals surface area (Å²) in [6.07, 6.45) is 0.356. The lowest BCUT2D eigenvalue weighted by atomic mass is 9.83. The fraction of sp³-hybridized carbons (Fsp3) is 0.514. The highest BCUT2D eigenvalue weighted by Crippen LogP contribution is 2.36. The van der Waals surface area contributed by atoms with Crippen molar-refractivity contribution < 1.29 is 35.9 Å². The minimum absolute atomic E-state index is 0.0290. The van der Waals surface area contributed by atoms with Gasteiger partial charge in [-0.05, 0) is 62.1 Å². The predicted molar refractivity (Wildman–Crippen MR) is 190 cm³/mol. The van der Waals surface area contributed by atoms with Crippen LogP contribution in [-0.4, -0.2) is 109 Å². The molecule has 0 bridgehead atoms. The summed E-state index contributed by atoms with van der Waals surface area (Å²) >= 11 is 6.20. The Labute approximate surface area is 311 Å². The van der Waals surface area contributed by atoms with Crippen molar-refractivity contribution in [2.75, 3.05) is 75.0 Å². The quantitative estimate of drug-likeness (QED) is 0.240. The fourth-order valence-electron chi connectivity index (χ4n) is 6.72. The normalized spacial score (nSPS) is 18.6. The van der Waals surface area contributed by atoms with Crippen molar-refractivity contribution in [3.05, 3.63) is 70.5 Å². The molecule has 0 unspecified atom stereocenters. The van der Waals surface area contributed by atoms with Gasteiger partial charge in [0.15, 0.2) is 11.4 Å². The highest BCUT2D eigenvalue weighted by Gasteiger charge is 2.42. The van der Waals surface area contributed by atoms with Gasteiger partial charge in [-0.2, -0.15) is 27.8 Å². The second-order valence-corrected chi connectivity index (χ2v) is 15.9. The van der Waals surface area contributed by atoms with Crippen LogP contribution in [0.5, 0.6) is 5.75 Å². The summed E-state index contributed by atoms with van der Waals surface area (Å²) in [6.45, 7) is 3.24. The summed E-state index contributed by atoms with van der Waals surface area (Å²) in [5, 5.41) is 20.9. The van der Waals surface area contributed by atoms with E-state index in [1.54, 1.807) is 29.2 Å². The molecule has 1 amide bonds. The molecule has 1 saturated carbocycles. The molecule has 0 atom stereocenters. The molecule has 3 aromatic rings. The highest BCUT2D eigenvalue weighted by molar-refractivity contribution is 7.89. The molecule has 13 nitrogen and oxygen atoms in total. The Morgan fingerprint density at radius 3 is 2.43 bits per heavy atom. The molecule has 1 aliphatic carbocycles. The maximum Gasteiger partial charge on any atom is 0.416 e. The number of carbonyl (C=O) groups excluding carboxylic acids is 1. The largest absolute Gasteiger partial charge is 0.477 e. The molecule has 6 rings (SSSR count). The summed E-state index contributed by atoms with van der Waals surface area (Å²) < 4.78 is 78.2. The third-order valence-electron chi connectivity index (χ3n) is 9.82. The third-order valence-corrected chi connectivity index (χ3v) is 12.0. The van der Waals surface area contributed by atoms with Crippen LogP contribution in [0.25, 0.3) is 0 Å². The minimum atomic E-state index is -4.48. The van der Waals surface area contributed by atoms with E-state index >= 15 is 0 Å². The number of aromatic nitrogens is 3. The second-order valence-electron chi connectivity index (χ2n) is 13.4. The number of hydrogen-bond donors (Lipinski definition) is 1. The van der Waals surface area contributed by atoms with Gasteiger partial charge in [0.25, 0.3) is 5.91 Å². The van der Waals surface area contributed by atoms with E-state index in [1.165, 1.54) is 4.31 Å². The van der Waals surface area contributed by atoms with E-state index < -0.39 is 27.4 Å².